The third-order valence-electron chi connectivity index (χ3n) is 5.84. The Bertz CT molecular complexity index is 645. The summed E-state index contributed by atoms with van der Waals surface area (Å²) < 4.78 is 11.7. The number of aryl methyl sites for hydroxylation is 1. The van der Waals surface area contributed by atoms with Gasteiger partial charge >= 0.3 is 0 Å². The van der Waals surface area contributed by atoms with Gasteiger partial charge in [0.15, 0.2) is 0 Å². The highest BCUT2D eigenvalue weighted by molar-refractivity contribution is 5.52. The molecule has 1 aromatic carbocycles. The minimum absolute atomic E-state index is 0.221. The van der Waals surface area contributed by atoms with Crippen LogP contribution in [0, 0.1) is 5.92 Å². The van der Waals surface area contributed by atoms with Crippen molar-refractivity contribution in [1.82, 2.24) is 0 Å². The molecule has 3 nitrogen and oxygen atoms in total. The molecule has 25 heavy (non-hydrogen) atoms. The van der Waals surface area contributed by atoms with Crippen molar-refractivity contribution < 1.29 is 14.6 Å². The van der Waals surface area contributed by atoms with Crippen molar-refractivity contribution in [1.29, 1.82) is 0 Å². The molecule has 0 amide bonds. The number of benzene rings is 1. The summed E-state index contributed by atoms with van der Waals surface area (Å²) in [5.74, 6) is 1.99. The maximum atomic E-state index is 10.8. The number of hydrogen-bond acceptors (Lipinski definition) is 3. The molecular formula is C22H32O3. The molecule has 0 spiro atoms. The number of allylic oxidation sites excluding steroid dienone is 1. The lowest BCUT2D eigenvalue weighted by Gasteiger charge is -2.47. The minimum Gasteiger partial charge on any atom is -0.508 e. The summed E-state index contributed by atoms with van der Waals surface area (Å²) in [6, 6.07) is 4.12. The SMILES string of the molecule is CCCCCc1cc(O)c2c(c1)OC(C)(C)[C@@H]1CC=C(COC)C[C@@H]21. The number of methoxy groups -OCH3 is 1. The van der Waals surface area contributed by atoms with E-state index in [1.165, 1.54) is 24.0 Å². The Hall–Kier alpha value is -1.48. The van der Waals surface area contributed by atoms with Gasteiger partial charge in [0.1, 0.15) is 17.1 Å². The molecule has 1 N–H and O–H groups in total. The number of ether oxygens (including phenoxy) is 2. The van der Waals surface area contributed by atoms with Crippen LogP contribution in [-0.4, -0.2) is 24.4 Å². The summed E-state index contributed by atoms with van der Waals surface area (Å²) in [6.45, 7) is 7.26. The monoisotopic (exact) mass is 344 g/mol. The lowest BCUT2D eigenvalue weighted by Crippen LogP contribution is -2.45. The normalized spacial score (nSPS) is 24.1. The molecule has 2 aliphatic rings. The summed E-state index contributed by atoms with van der Waals surface area (Å²) in [7, 11) is 1.74. The number of hydrogen-bond donors (Lipinski definition) is 1. The van der Waals surface area contributed by atoms with E-state index in [9.17, 15) is 5.11 Å². The molecule has 138 valence electrons. The Balaban J connectivity index is 1.93. The third-order valence-corrected chi connectivity index (χ3v) is 5.84. The zero-order valence-electron chi connectivity index (χ0n) is 16.1. The largest absolute Gasteiger partial charge is 0.508 e. The first-order valence-electron chi connectivity index (χ1n) is 9.68. The number of rotatable bonds is 6. The molecule has 1 aliphatic heterocycles. The van der Waals surface area contributed by atoms with Crippen LogP contribution in [0.5, 0.6) is 11.5 Å². The summed E-state index contributed by atoms with van der Waals surface area (Å²) in [6.07, 6.45) is 8.82. The molecule has 1 aromatic rings. The lowest BCUT2D eigenvalue weighted by molar-refractivity contribution is 0.00646. The summed E-state index contributed by atoms with van der Waals surface area (Å²) in [5.41, 5.74) is 3.30. The van der Waals surface area contributed by atoms with Crippen molar-refractivity contribution in [3.8, 4) is 11.5 Å². The maximum Gasteiger partial charge on any atom is 0.127 e. The standard InChI is InChI=1S/C22H32O3/c1-5-6-7-8-15-12-19(23)21-17-11-16(14-24-4)9-10-18(17)22(2,3)25-20(21)13-15/h9,12-13,17-18,23H,5-8,10-11,14H2,1-4H3/t17-,18-/m1/s1. The van der Waals surface area contributed by atoms with Crippen LogP contribution in [0.15, 0.2) is 23.8 Å². The number of phenols is 1. The van der Waals surface area contributed by atoms with Crippen LogP contribution >= 0.6 is 0 Å². The predicted molar refractivity (Wildman–Crippen MR) is 101 cm³/mol. The zero-order valence-corrected chi connectivity index (χ0v) is 16.1. The topological polar surface area (TPSA) is 38.7 Å². The Morgan fingerprint density at radius 3 is 2.80 bits per heavy atom. The van der Waals surface area contributed by atoms with Crippen LogP contribution < -0.4 is 4.74 Å². The van der Waals surface area contributed by atoms with E-state index in [4.69, 9.17) is 9.47 Å². The molecule has 0 unspecified atom stereocenters. The van der Waals surface area contributed by atoms with Gasteiger partial charge in [0.25, 0.3) is 0 Å². The second-order valence-corrected chi connectivity index (χ2v) is 8.14. The fourth-order valence-corrected chi connectivity index (χ4v) is 4.55. The van der Waals surface area contributed by atoms with Gasteiger partial charge in [0.05, 0.1) is 6.61 Å². The predicted octanol–water partition coefficient (Wildman–Crippen LogP) is 5.36. The zero-order chi connectivity index (χ0) is 18.0. The van der Waals surface area contributed by atoms with Gasteiger partial charge in [-0.25, -0.2) is 0 Å². The second-order valence-electron chi connectivity index (χ2n) is 8.14. The van der Waals surface area contributed by atoms with Crippen molar-refractivity contribution in [3.63, 3.8) is 0 Å². The number of fused-ring (bicyclic) bond motifs is 3. The van der Waals surface area contributed by atoms with Crippen molar-refractivity contribution in [2.45, 2.75) is 70.8 Å². The van der Waals surface area contributed by atoms with Crippen LogP contribution in [0.1, 0.15) is 69.9 Å². The van der Waals surface area contributed by atoms with Crippen LogP contribution in [0.2, 0.25) is 0 Å². The van der Waals surface area contributed by atoms with Gasteiger partial charge in [-0.2, -0.15) is 0 Å². The van der Waals surface area contributed by atoms with E-state index in [0.29, 0.717) is 24.2 Å². The summed E-state index contributed by atoms with van der Waals surface area (Å²) >= 11 is 0. The third kappa shape index (κ3) is 3.72. The van der Waals surface area contributed by atoms with E-state index in [2.05, 4.69) is 32.9 Å². The van der Waals surface area contributed by atoms with Gasteiger partial charge in [-0.15, -0.1) is 0 Å². The Kier molecular flexibility index (Phi) is 5.43. The van der Waals surface area contributed by atoms with Crippen molar-refractivity contribution in [3.05, 3.63) is 34.9 Å². The molecule has 0 saturated carbocycles. The van der Waals surface area contributed by atoms with E-state index in [0.717, 1.165) is 37.0 Å². The molecule has 2 atom stereocenters. The first kappa shape index (κ1) is 18.3. The molecule has 1 aliphatic carbocycles. The first-order chi connectivity index (χ1) is 12.0. The molecule has 0 radical (unpaired) electrons. The average Bonchev–Trinajstić information content (AvgIpc) is 2.54. The minimum atomic E-state index is -0.221. The molecule has 0 bridgehead atoms. The fourth-order valence-electron chi connectivity index (χ4n) is 4.55. The van der Waals surface area contributed by atoms with Gasteiger partial charge in [0, 0.05) is 24.5 Å². The van der Waals surface area contributed by atoms with Gasteiger partial charge in [-0.3, -0.25) is 0 Å². The van der Waals surface area contributed by atoms with Crippen molar-refractivity contribution in [2.75, 3.05) is 13.7 Å². The molecule has 3 rings (SSSR count). The Morgan fingerprint density at radius 1 is 1.28 bits per heavy atom. The summed E-state index contributed by atoms with van der Waals surface area (Å²) in [5, 5.41) is 10.8. The molecule has 0 aromatic heterocycles. The summed E-state index contributed by atoms with van der Waals surface area (Å²) in [4.78, 5) is 0. The van der Waals surface area contributed by atoms with Crippen molar-refractivity contribution >= 4 is 0 Å². The van der Waals surface area contributed by atoms with Gasteiger partial charge in [-0.1, -0.05) is 25.8 Å². The van der Waals surface area contributed by atoms with Crippen molar-refractivity contribution in [2.24, 2.45) is 5.92 Å². The highest BCUT2D eigenvalue weighted by Crippen LogP contribution is 2.54. The Morgan fingerprint density at radius 2 is 2.08 bits per heavy atom. The van der Waals surface area contributed by atoms with Crippen LogP contribution in [0.3, 0.4) is 0 Å². The highest BCUT2D eigenvalue weighted by atomic mass is 16.5. The lowest BCUT2D eigenvalue weighted by atomic mass is 9.67. The van der Waals surface area contributed by atoms with E-state index in [1.807, 2.05) is 6.07 Å². The second kappa shape index (κ2) is 7.41. The van der Waals surface area contributed by atoms with Crippen LogP contribution in [0.4, 0.5) is 0 Å². The molecule has 3 heteroatoms. The van der Waals surface area contributed by atoms with Gasteiger partial charge in [0.2, 0.25) is 0 Å². The fraction of sp³-hybridized carbons (Fsp3) is 0.636. The molecular weight excluding hydrogens is 312 g/mol. The van der Waals surface area contributed by atoms with Gasteiger partial charge in [-0.05, 0) is 62.8 Å². The number of aromatic hydroxyl groups is 1. The first-order valence-corrected chi connectivity index (χ1v) is 9.68. The van der Waals surface area contributed by atoms with Crippen LogP contribution in [0.25, 0.3) is 0 Å². The Labute approximate surface area is 152 Å². The quantitative estimate of drug-likeness (QED) is 0.557. The van der Waals surface area contributed by atoms with E-state index >= 15 is 0 Å². The van der Waals surface area contributed by atoms with Crippen LogP contribution in [-0.2, 0) is 11.2 Å². The van der Waals surface area contributed by atoms with E-state index in [1.54, 1.807) is 7.11 Å². The number of unbranched alkanes of at least 4 members (excludes halogenated alkanes) is 2. The van der Waals surface area contributed by atoms with Gasteiger partial charge < -0.3 is 14.6 Å². The molecule has 1 heterocycles. The molecule has 0 fully saturated rings. The average molecular weight is 344 g/mol. The van der Waals surface area contributed by atoms with E-state index < -0.39 is 0 Å². The smallest absolute Gasteiger partial charge is 0.127 e. The maximum absolute atomic E-state index is 10.8. The highest BCUT2D eigenvalue weighted by Gasteiger charge is 2.46. The number of phenolic OH excluding ortho intramolecular Hbond substituents is 1. The molecule has 0 saturated heterocycles. The van der Waals surface area contributed by atoms with E-state index in [-0.39, 0.29) is 5.60 Å².